The molecule has 2 aromatic rings. The summed E-state index contributed by atoms with van der Waals surface area (Å²) in [6.45, 7) is 0.00414. The van der Waals surface area contributed by atoms with Crippen LogP contribution in [-0.2, 0) is 26.2 Å². The van der Waals surface area contributed by atoms with Gasteiger partial charge in [0.25, 0.3) is 0 Å². The van der Waals surface area contributed by atoms with E-state index < -0.39 is 28.1 Å². The molecule has 1 amide bonds. The molecule has 1 aliphatic rings. The van der Waals surface area contributed by atoms with Crippen molar-refractivity contribution >= 4 is 22.1 Å². The number of carboxylic acids is 1. The molecule has 1 aliphatic heterocycles. The van der Waals surface area contributed by atoms with Crippen molar-refractivity contribution in [1.29, 1.82) is 0 Å². The molecular formula is C21H24N2O7S. The molecule has 2 aromatic carbocycles. The minimum atomic E-state index is -4.09. The van der Waals surface area contributed by atoms with Gasteiger partial charge in [0.15, 0.2) is 0 Å². The second-order valence-electron chi connectivity index (χ2n) is 6.96. The summed E-state index contributed by atoms with van der Waals surface area (Å²) >= 11 is 0. The van der Waals surface area contributed by atoms with Crippen LogP contribution in [0.25, 0.3) is 0 Å². The number of rotatable bonds is 6. The van der Waals surface area contributed by atoms with Crippen LogP contribution in [-0.4, -0.2) is 67.6 Å². The van der Waals surface area contributed by atoms with Crippen molar-refractivity contribution in [2.24, 2.45) is 0 Å². The van der Waals surface area contributed by atoms with Gasteiger partial charge in [-0.25, -0.2) is 13.2 Å². The van der Waals surface area contributed by atoms with Crippen LogP contribution in [0.5, 0.6) is 5.75 Å². The van der Waals surface area contributed by atoms with E-state index in [0.717, 1.165) is 9.87 Å². The molecule has 9 nitrogen and oxygen atoms in total. The fraction of sp³-hybridized carbons (Fsp3) is 0.333. The Balaban J connectivity index is 1.74. The van der Waals surface area contributed by atoms with Gasteiger partial charge in [0.1, 0.15) is 18.4 Å². The number of amides is 1. The van der Waals surface area contributed by atoms with E-state index in [0.29, 0.717) is 5.75 Å². The maximum atomic E-state index is 13.1. The Morgan fingerprint density at radius 1 is 1.03 bits per heavy atom. The molecule has 0 saturated carbocycles. The van der Waals surface area contributed by atoms with Gasteiger partial charge in [-0.2, -0.15) is 4.31 Å². The van der Waals surface area contributed by atoms with Crippen LogP contribution in [0.2, 0.25) is 0 Å². The highest BCUT2D eigenvalue weighted by atomic mass is 32.2. The van der Waals surface area contributed by atoms with E-state index in [2.05, 4.69) is 0 Å². The standard InChI is InChI=1S/C21H24N2O7S/c1-29-17-7-9-18(10-8-17)31(27,28)23-14-13-22(12-11-19(23)20(24)25)21(26)30-15-16-5-3-2-4-6-16/h2-10,19H,11-15H2,1H3,(H,24,25). The maximum Gasteiger partial charge on any atom is 0.410 e. The minimum Gasteiger partial charge on any atom is -0.497 e. The van der Waals surface area contributed by atoms with Crippen molar-refractivity contribution in [3.05, 3.63) is 60.2 Å². The number of nitrogens with zero attached hydrogens (tertiary/aromatic N) is 2. The fourth-order valence-electron chi connectivity index (χ4n) is 3.32. The summed E-state index contributed by atoms with van der Waals surface area (Å²) in [6, 6.07) is 13.6. The lowest BCUT2D eigenvalue weighted by atomic mass is 10.2. The van der Waals surface area contributed by atoms with Gasteiger partial charge >= 0.3 is 12.1 Å². The highest BCUT2D eigenvalue weighted by Gasteiger charge is 2.39. The lowest BCUT2D eigenvalue weighted by Gasteiger charge is -2.25. The second kappa shape index (κ2) is 9.80. The maximum absolute atomic E-state index is 13.1. The van der Waals surface area contributed by atoms with Gasteiger partial charge in [0.2, 0.25) is 10.0 Å². The summed E-state index contributed by atoms with van der Waals surface area (Å²) in [7, 11) is -2.63. The zero-order valence-electron chi connectivity index (χ0n) is 17.0. The first-order valence-corrected chi connectivity index (χ1v) is 11.1. The van der Waals surface area contributed by atoms with Crippen molar-refractivity contribution in [1.82, 2.24) is 9.21 Å². The van der Waals surface area contributed by atoms with Gasteiger partial charge in [-0.3, -0.25) is 4.79 Å². The first kappa shape index (κ1) is 22.6. The molecule has 0 radical (unpaired) electrons. The predicted molar refractivity (Wildman–Crippen MR) is 111 cm³/mol. The Hall–Kier alpha value is -3.11. The van der Waals surface area contributed by atoms with Crippen LogP contribution in [0.3, 0.4) is 0 Å². The van der Waals surface area contributed by atoms with Gasteiger partial charge in [-0.05, 0) is 36.2 Å². The molecule has 1 fully saturated rings. The van der Waals surface area contributed by atoms with Crippen molar-refractivity contribution in [3.63, 3.8) is 0 Å². The monoisotopic (exact) mass is 448 g/mol. The summed E-state index contributed by atoms with van der Waals surface area (Å²) in [5.74, 6) is -0.784. The molecule has 0 spiro atoms. The molecule has 1 saturated heterocycles. The van der Waals surface area contributed by atoms with E-state index in [1.807, 2.05) is 30.3 Å². The average Bonchev–Trinajstić information content (AvgIpc) is 3.02. The Labute approximate surface area is 180 Å². The summed E-state index contributed by atoms with van der Waals surface area (Å²) < 4.78 is 37.5. The molecule has 1 unspecified atom stereocenters. The van der Waals surface area contributed by atoms with Crippen LogP contribution in [0.15, 0.2) is 59.5 Å². The molecule has 31 heavy (non-hydrogen) atoms. The Morgan fingerprint density at radius 3 is 2.32 bits per heavy atom. The van der Waals surface area contributed by atoms with Crippen LogP contribution in [0.1, 0.15) is 12.0 Å². The summed E-state index contributed by atoms with van der Waals surface area (Å²) in [5, 5.41) is 9.64. The van der Waals surface area contributed by atoms with Crippen LogP contribution >= 0.6 is 0 Å². The lowest BCUT2D eigenvalue weighted by Crippen LogP contribution is -2.45. The largest absolute Gasteiger partial charge is 0.497 e. The number of hydrogen-bond acceptors (Lipinski definition) is 6. The third-order valence-corrected chi connectivity index (χ3v) is 6.95. The van der Waals surface area contributed by atoms with E-state index in [4.69, 9.17) is 9.47 Å². The first-order chi connectivity index (χ1) is 14.8. The average molecular weight is 448 g/mol. The molecule has 1 N–H and O–H groups in total. The quantitative estimate of drug-likeness (QED) is 0.721. The molecule has 1 heterocycles. The van der Waals surface area contributed by atoms with Crippen molar-refractivity contribution in [2.75, 3.05) is 26.7 Å². The van der Waals surface area contributed by atoms with Gasteiger partial charge < -0.3 is 19.5 Å². The highest BCUT2D eigenvalue weighted by molar-refractivity contribution is 7.89. The fourth-order valence-corrected chi connectivity index (χ4v) is 4.92. The Kier molecular flexibility index (Phi) is 7.13. The lowest BCUT2D eigenvalue weighted by molar-refractivity contribution is -0.141. The summed E-state index contributed by atoms with van der Waals surface area (Å²) in [4.78, 5) is 25.6. The molecular weight excluding hydrogens is 424 g/mol. The van der Waals surface area contributed by atoms with Crippen LogP contribution in [0, 0.1) is 0 Å². The molecule has 1 atom stereocenters. The number of hydrogen-bond donors (Lipinski definition) is 1. The van der Waals surface area contributed by atoms with Crippen LogP contribution < -0.4 is 4.74 Å². The van der Waals surface area contributed by atoms with E-state index >= 15 is 0 Å². The number of carbonyl (C=O) groups excluding carboxylic acids is 1. The number of ether oxygens (including phenoxy) is 2. The predicted octanol–water partition coefficient (Wildman–Crippen LogP) is 2.18. The van der Waals surface area contributed by atoms with Crippen molar-refractivity contribution < 1.29 is 32.6 Å². The van der Waals surface area contributed by atoms with E-state index in [1.54, 1.807) is 0 Å². The molecule has 0 aliphatic carbocycles. The smallest absolute Gasteiger partial charge is 0.410 e. The van der Waals surface area contributed by atoms with Gasteiger partial charge in [-0.15, -0.1) is 0 Å². The zero-order chi connectivity index (χ0) is 22.4. The molecule has 10 heteroatoms. The van der Waals surface area contributed by atoms with E-state index in [1.165, 1.54) is 36.3 Å². The highest BCUT2D eigenvalue weighted by Crippen LogP contribution is 2.24. The SMILES string of the molecule is COc1ccc(S(=O)(=O)N2CCN(C(=O)OCc3ccccc3)CCC2C(=O)O)cc1. The topological polar surface area (TPSA) is 113 Å². The molecule has 3 rings (SSSR count). The Morgan fingerprint density at radius 2 is 1.71 bits per heavy atom. The third-order valence-electron chi connectivity index (χ3n) is 5.02. The van der Waals surface area contributed by atoms with E-state index in [9.17, 15) is 23.1 Å². The number of sulfonamides is 1. The van der Waals surface area contributed by atoms with Crippen molar-refractivity contribution in [2.45, 2.75) is 24.0 Å². The van der Waals surface area contributed by atoms with Gasteiger partial charge in [0.05, 0.1) is 12.0 Å². The second-order valence-corrected chi connectivity index (χ2v) is 8.85. The number of carbonyl (C=O) groups is 2. The normalized spacial score (nSPS) is 17.6. The summed E-state index contributed by atoms with van der Waals surface area (Å²) in [6.07, 6.45) is -0.665. The molecule has 166 valence electrons. The molecule has 0 bridgehead atoms. The van der Waals surface area contributed by atoms with Crippen molar-refractivity contribution in [3.8, 4) is 5.75 Å². The van der Waals surface area contributed by atoms with E-state index in [-0.39, 0.29) is 37.6 Å². The number of methoxy groups -OCH3 is 1. The molecule has 0 aromatic heterocycles. The summed E-state index contributed by atoms with van der Waals surface area (Å²) in [5.41, 5.74) is 0.817. The zero-order valence-corrected chi connectivity index (χ0v) is 17.8. The number of benzene rings is 2. The Bertz CT molecular complexity index is 1010. The minimum absolute atomic E-state index is 0.0206. The van der Waals surface area contributed by atoms with Gasteiger partial charge in [-0.1, -0.05) is 30.3 Å². The van der Waals surface area contributed by atoms with Gasteiger partial charge in [0, 0.05) is 19.6 Å². The first-order valence-electron chi connectivity index (χ1n) is 9.67. The number of aliphatic carboxylic acids is 1. The third kappa shape index (κ3) is 5.33. The number of carboxylic acid groups (broad SMARTS) is 1. The van der Waals surface area contributed by atoms with Crippen LogP contribution in [0.4, 0.5) is 4.79 Å².